The van der Waals surface area contributed by atoms with Gasteiger partial charge in [-0.2, -0.15) is 5.10 Å². The number of nitrogens with zero attached hydrogens (tertiary/aromatic N) is 1. The first kappa shape index (κ1) is 20.2. The van der Waals surface area contributed by atoms with Crippen LogP contribution in [0.15, 0.2) is 71.8 Å². The number of benzene rings is 3. The first-order valence-corrected chi connectivity index (χ1v) is 9.41. The Balaban J connectivity index is 1.56. The number of hydrazone groups is 1. The molecule has 0 saturated heterocycles. The fourth-order valence-corrected chi connectivity index (χ4v) is 2.92. The third-order valence-corrected chi connectivity index (χ3v) is 4.71. The Hall–Kier alpha value is -2.53. The SMILES string of the molecule is O=C(N/N=C\c1c(Cl)cccc1Cl)c1ccc(OCc2ccc(Cl)cc2)cc1. The number of carbonyl (C=O) groups excluding carboxylic acids is 1. The van der Waals surface area contributed by atoms with Gasteiger partial charge in [-0.1, -0.05) is 53.0 Å². The van der Waals surface area contributed by atoms with Crippen LogP contribution in [0.2, 0.25) is 15.1 Å². The maximum atomic E-state index is 12.2. The lowest BCUT2D eigenvalue weighted by Crippen LogP contribution is -2.17. The summed E-state index contributed by atoms with van der Waals surface area (Å²) in [6.45, 7) is 0.408. The molecule has 7 heteroatoms. The Morgan fingerprint density at radius 1 is 0.929 bits per heavy atom. The molecule has 3 aromatic carbocycles. The Kier molecular flexibility index (Phi) is 6.93. The first-order valence-electron chi connectivity index (χ1n) is 8.27. The molecule has 4 nitrogen and oxygen atoms in total. The molecule has 0 aliphatic rings. The molecule has 0 spiro atoms. The van der Waals surface area contributed by atoms with Crippen molar-refractivity contribution in [2.45, 2.75) is 6.61 Å². The average Bonchev–Trinajstić information content (AvgIpc) is 2.70. The van der Waals surface area contributed by atoms with Crippen molar-refractivity contribution in [3.05, 3.63) is 98.5 Å². The summed E-state index contributed by atoms with van der Waals surface area (Å²) in [6.07, 6.45) is 1.41. The Morgan fingerprint density at radius 3 is 2.21 bits per heavy atom. The van der Waals surface area contributed by atoms with Gasteiger partial charge in [0.05, 0.1) is 16.3 Å². The molecule has 0 aliphatic carbocycles. The summed E-state index contributed by atoms with van der Waals surface area (Å²) in [4.78, 5) is 12.2. The molecule has 0 radical (unpaired) electrons. The molecular weight excluding hydrogens is 419 g/mol. The molecule has 3 rings (SSSR count). The second-order valence-corrected chi connectivity index (χ2v) is 7.02. The van der Waals surface area contributed by atoms with Gasteiger partial charge in [0.2, 0.25) is 0 Å². The van der Waals surface area contributed by atoms with Crippen LogP contribution in [0.5, 0.6) is 5.75 Å². The van der Waals surface area contributed by atoms with Gasteiger partial charge in [0.15, 0.2) is 0 Å². The van der Waals surface area contributed by atoms with E-state index in [1.807, 2.05) is 24.3 Å². The van der Waals surface area contributed by atoms with Crippen molar-refractivity contribution in [2.24, 2.45) is 5.10 Å². The van der Waals surface area contributed by atoms with Gasteiger partial charge in [-0.3, -0.25) is 4.79 Å². The highest BCUT2D eigenvalue weighted by Crippen LogP contribution is 2.22. The zero-order valence-corrected chi connectivity index (χ0v) is 16.8. The predicted octanol–water partition coefficient (Wildman–Crippen LogP) is 5.99. The molecule has 1 N–H and O–H groups in total. The molecule has 0 aliphatic heterocycles. The minimum atomic E-state index is -0.358. The van der Waals surface area contributed by atoms with E-state index < -0.39 is 0 Å². The van der Waals surface area contributed by atoms with Crippen LogP contribution in [0.4, 0.5) is 0 Å². The predicted molar refractivity (Wildman–Crippen MR) is 114 cm³/mol. The normalized spacial score (nSPS) is 10.8. The van der Waals surface area contributed by atoms with E-state index in [-0.39, 0.29) is 5.91 Å². The van der Waals surface area contributed by atoms with Crippen LogP contribution in [0, 0.1) is 0 Å². The van der Waals surface area contributed by atoms with Crippen molar-refractivity contribution in [3.8, 4) is 5.75 Å². The van der Waals surface area contributed by atoms with E-state index in [1.165, 1.54) is 6.21 Å². The monoisotopic (exact) mass is 432 g/mol. The summed E-state index contributed by atoms with van der Waals surface area (Å²) in [5.41, 5.74) is 4.43. The van der Waals surface area contributed by atoms with Crippen LogP contribution in [-0.4, -0.2) is 12.1 Å². The van der Waals surface area contributed by atoms with Crippen LogP contribution in [0.1, 0.15) is 21.5 Å². The van der Waals surface area contributed by atoms with E-state index in [9.17, 15) is 4.79 Å². The molecule has 0 unspecified atom stereocenters. The van der Waals surface area contributed by atoms with Gasteiger partial charge in [-0.05, 0) is 54.1 Å². The molecule has 1 amide bonds. The molecule has 3 aromatic rings. The molecule has 0 atom stereocenters. The van der Waals surface area contributed by atoms with E-state index in [1.54, 1.807) is 42.5 Å². The van der Waals surface area contributed by atoms with E-state index in [4.69, 9.17) is 39.5 Å². The lowest BCUT2D eigenvalue weighted by atomic mass is 10.2. The second kappa shape index (κ2) is 9.60. The number of amides is 1. The summed E-state index contributed by atoms with van der Waals surface area (Å²) in [5, 5.41) is 5.49. The minimum Gasteiger partial charge on any atom is -0.489 e. The summed E-state index contributed by atoms with van der Waals surface area (Å²) >= 11 is 18.0. The smallest absolute Gasteiger partial charge is 0.271 e. The molecule has 0 heterocycles. The molecule has 0 saturated carbocycles. The number of rotatable bonds is 6. The summed E-state index contributed by atoms with van der Waals surface area (Å²) < 4.78 is 5.70. The highest BCUT2D eigenvalue weighted by atomic mass is 35.5. The zero-order chi connectivity index (χ0) is 19.9. The third-order valence-electron chi connectivity index (χ3n) is 3.79. The van der Waals surface area contributed by atoms with Gasteiger partial charge in [-0.25, -0.2) is 5.43 Å². The quantitative estimate of drug-likeness (QED) is 0.383. The lowest BCUT2D eigenvalue weighted by molar-refractivity contribution is 0.0955. The van der Waals surface area contributed by atoms with Gasteiger partial charge in [-0.15, -0.1) is 0 Å². The number of nitrogens with one attached hydrogen (secondary N) is 1. The van der Waals surface area contributed by atoms with Crippen LogP contribution in [0.25, 0.3) is 0 Å². The summed E-state index contributed by atoms with van der Waals surface area (Å²) in [6, 6.07) is 19.3. The van der Waals surface area contributed by atoms with Gasteiger partial charge in [0, 0.05) is 16.1 Å². The Labute approximate surface area is 177 Å². The summed E-state index contributed by atoms with van der Waals surface area (Å²) in [5.74, 6) is 0.293. The van der Waals surface area contributed by atoms with Crippen molar-refractivity contribution < 1.29 is 9.53 Å². The zero-order valence-electron chi connectivity index (χ0n) is 14.5. The molecule has 0 bridgehead atoms. The van der Waals surface area contributed by atoms with Crippen molar-refractivity contribution in [3.63, 3.8) is 0 Å². The average molecular weight is 434 g/mol. The summed E-state index contributed by atoms with van der Waals surface area (Å²) in [7, 11) is 0. The number of hydrogen-bond donors (Lipinski definition) is 1. The maximum Gasteiger partial charge on any atom is 0.271 e. The van der Waals surface area contributed by atoms with Crippen LogP contribution in [-0.2, 0) is 6.61 Å². The fraction of sp³-hybridized carbons (Fsp3) is 0.0476. The van der Waals surface area contributed by atoms with Crippen LogP contribution in [0.3, 0.4) is 0 Å². The van der Waals surface area contributed by atoms with E-state index in [0.29, 0.717) is 38.6 Å². The first-order chi connectivity index (χ1) is 13.5. The minimum absolute atomic E-state index is 0.358. The van der Waals surface area contributed by atoms with Crippen molar-refractivity contribution in [1.82, 2.24) is 5.43 Å². The molecule has 0 fully saturated rings. The Morgan fingerprint density at radius 2 is 1.57 bits per heavy atom. The Bertz CT molecular complexity index is 967. The number of halogens is 3. The van der Waals surface area contributed by atoms with Crippen LogP contribution >= 0.6 is 34.8 Å². The molecule has 28 heavy (non-hydrogen) atoms. The largest absolute Gasteiger partial charge is 0.489 e. The molecular formula is C21H15Cl3N2O2. The van der Waals surface area contributed by atoms with Gasteiger partial charge < -0.3 is 4.74 Å². The molecule has 142 valence electrons. The highest BCUT2D eigenvalue weighted by Gasteiger charge is 2.06. The topological polar surface area (TPSA) is 50.7 Å². The fourth-order valence-electron chi connectivity index (χ4n) is 2.30. The maximum absolute atomic E-state index is 12.2. The van der Waals surface area contributed by atoms with E-state index in [0.717, 1.165) is 5.56 Å². The third kappa shape index (κ3) is 5.49. The number of hydrogen-bond acceptors (Lipinski definition) is 3. The van der Waals surface area contributed by atoms with Crippen molar-refractivity contribution in [1.29, 1.82) is 0 Å². The highest BCUT2D eigenvalue weighted by molar-refractivity contribution is 6.38. The number of carbonyl (C=O) groups is 1. The van der Waals surface area contributed by atoms with E-state index >= 15 is 0 Å². The van der Waals surface area contributed by atoms with Crippen LogP contribution < -0.4 is 10.2 Å². The van der Waals surface area contributed by atoms with Gasteiger partial charge in [0.25, 0.3) is 5.91 Å². The van der Waals surface area contributed by atoms with Crippen molar-refractivity contribution >= 4 is 46.9 Å². The van der Waals surface area contributed by atoms with Gasteiger partial charge >= 0.3 is 0 Å². The second-order valence-electron chi connectivity index (χ2n) is 5.77. The molecule has 0 aromatic heterocycles. The van der Waals surface area contributed by atoms with Crippen molar-refractivity contribution in [2.75, 3.05) is 0 Å². The van der Waals surface area contributed by atoms with Gasteiger partial charge in [0.1, 0.15) is 12.4 Å². The number of ether oxygens (including phenoxy) is 1. The standard InChI is InChI=1S/C21H15Cl3N2O2/c22-16-8-4-14(5-9-16)13-28-17-10-6-15(7-11-17)21(27)26-25-12-18-19(23)2-1-3-20(18)24/h1-12H,13H2,(H,26,27)/b25-12-. The lowest BCUT2D eigenvalue weighted by Gasteiger charge is -2.07. The van der Waals surface area contributed by atoms with E-state index in [2.05, 4.69) is 10.5 Å².